The van der Waals surface area contributed by atoms with Crippen molar-refractivity contribution in [2.24, 2.45) is 0 Å². The Balaban J connectivity index is 0. The van der Waals surface area contributed by atoms with E-state index in [0.29, 0.717) is 0 Å². The van der Waals surface area contributed by atoms with Crippen molar-refractivity contribution >= 4 is 0 Å². The van der Waals surface area contributed by atoms with E-state index >= 15 is 0 Å². The molecule has 0 heterocycles. The number of hydrogen-bond donors (Lipinski definition) is 7. The van der Waals surface area contributed by atoms with E-state index in [1.54, 1.807) is 0 Å². The summed E-state index contributed by atoms with van der Waals surface area (Å²) in [7, 11) is 0. The molecule has 0 amide bonds. The molecule has 0 aliphatic rings. The summed E-state index contributed by atoms with van der Waals surface area (Å²) in [6.45, 7) is 0. The monoisotopic (exact) mass is 305 g/mol. The van der Waals surface area contributed by atoms with Gasteiger partial charge in [0.1, 0.15) is 0 Å². The van der Waals surface area contributed by atoms with E-state index < -0.39 is 37.8 Å². The molecule has 11 heavy (non-hydrogen) atoms. The Bertz CT molecular complexity index is 127. The third kappa shape index (κ3) is 6340. The molecule has 7 N–H and O–H groups in total. The van der Waals surface area contributed by atoms with Crippen LogP contribution in [0.2, 0.25) is 0 Å². The van der Waals surface area contributed by atoms with Crippen LogP contribution in [0, 0.1) is 42.9 Å². The Kier molecular flexibility index (Phi) is 3.39. The molecular formula is H7CeNO9. The van der Waals surface area contributed by atoms with Crippen LogP contribution >= 0.6 is 0 Å². The summed E-state index contributed by atoms with van der Waals surface area (Å²) in [5.74, 6) is 0. The van der Waals surface area contributed by atoms with E-state index in [0.717, 1.165) is 0 Å². The quantitative estimate of drug-likeness (QED) is 0.175. The number of rotatable bonds is 0. The van der Waals surface area contributed by atoms with Crippen molar-refractivity contribution in [2.45, 2.75) is 0 Å². The van der Waals surface area contributed by atoms with Gasteiger partial charge < -0.3 is 5.21 Å². The van der Waals surface area contributed by atoms with Gasteiger partial charge in [-0.1, -0.05) is 0 Å². The van der Waals surface area contributed by atoms with Crippen molar-refractivity contribution in [3.05, 3.63) is 10.1 Å². The molecule has 0 aromatic rings. The van der Waals surface area contributed by atoms with Crippen LogP contribution in [-0.2, 0) is 0 Å². The van der Waals surface area contributed by atoms with Gasteiger partial charge in [-0.25, -0.2) is 0 Å². The molecule has 0 radical (unpaired) electrons. The first-order valence-corrected chi connectivity index (χ1v) is 10.3. The van der Waals surface area contributed by atoms with Gasteiger partial charge in [-0.15, -0.1) is 10.1 Å². The van der Waals surface area contributed by atoms with Crippen molar-refractivity contribution in [1.29, 1.82) is 0 Å². The van der Waals surface area contributed by atoms with Crippen molar-refractivity contribution in [3.63, 3.8) is 0 Å². The molecule has 0 rings (SSSR count). The normalized spacial score (nSPS) is 16.9. The van der Waals surface area contributed by atoms with Gasteiger partial charge in [0.05, 0.1) is 0 Å². The summed E-state index contributed by atoms with van der Waals surface area (Å²) in [6.07, 6.45) is 0. The van der Waals surface area contributed by atoms with E-state index in [1.165, 1.54) is 0 Å². The average Bonchev–Trinajstić information content (AvgIpc) is 1.11. The Labute approximate surface area is 60.6 Å². The van der Waals surface area contributed by atoms with Gasteiger partial charge >= 0.3 is 40.7 Å². The van der Waals surface area contributed by atoms with Gasteiger partial charge in [-0.05, 0) is 0 Å². The van der Waals surface area contributed by atoms with Crippen LogP contribution in [-0.4, -0.2) is 18.2 Å². The van der Waals surface area contributed by atoms with Crippen molar-refractivity contribution < 1.29 is 51.0 Å². The van der Waals surface area contributed by atoms with Crippen molar-refractivity contribution in [1.82, 2.24) is 0 Å². The fourth-order valence-electron chi connectivity index (χ4n) is 0. The van der Waals surface area contributed by atoms with Crippen LogP contribution < -0.4 is 0 Å². The maximum atomic E-state index is 8.36. The second-order valence-electron chi connectivity index (χ2n) is 1.74. The van der Waals surface area contributed by atoms with E-state index in [9.17, 15) is 0 Å². The van der Waals surface area contributed by atoms with E-state index in [4.69, 9.17) is 23.2 Å². The van der Waals surface area contributed by atoms with Crippen LogP contribution in [0.5, 0.6) is 0 Å². The molecule has 0 saturated heterocycles. The number of hydrogen-bond acceptors (Lipinski definition) is 8. The van der Waals surface area contributed by atoms with Gasteiger partial charge in [0.2, 0.25) is 0 Å². The molecule has 10 nitrogen and oxygen atoms in total. The second-order valence-corrected chi connectivity index (χ2v) is 11.2. The van der Waals surface area contributed by atoms with Crippen molar-refractivity contribution in [2.75, 3.05) is 0 Å². The summed E-state index contributed by atoms with van der Waals surface area (Å²) in [6, 6.07) is 0. The van der Waals surface area contributed by atoms with Crippen molar-refractivity contribution in [3.8, 4) is 0 Å². The zero-order valence-electron chi connectivity index (χ0n) is 4.89. The van der Waals surface area contributed by atoms with E-state index in [-0.39, 0.29) is 0 Å². The summed E-state index contributed by atoms with van der Waals surface area (Å²) in [5, 5.41) is 13.6. The first-order valence-electron chi connectivity index (χ1n) is 1.91. The average molecular weight is 305 g/mol. The summed E-state index contributed by atoms with van der Waals surface area (Å²) >= 11 is -8.40. The van der Waals surface area contributed by atoms with E-state index in [1.807, 2.05) is 0 Å². The van der Waals surface area contributed by atoms with Crippen LogP contribution in [0.1, 0.15) is 0 Å². The minimum atomic E-state index is -8.40. The molecule has 0 atom stereocenters. The molecule has 0 bridgehead atoms. The Morgan fingerprint density at radius 2 is 1.00 bits per heavy atom. The Morgan fingerprint density at radius 1 is 1.00 bits per heavy atom. The SMILES string of the molecule is O=[N+]([O-])O.[OH][Ce]([OH])([OH])([OH])([OH])[OH]. The van der Waals surface area contributed by atoms with Gasteiger partial charge in [0.25, 0.3) is 5.09 Å². The molecule has 0 aromatic carbocycles. The van der Waals surface area contributed by atoms with Gasteiger partial charge in [-0.2, -0.15) is 0 Å². The third-order valence-corrected chi connectivity index (χ3v) is 0. The Morgan fingerprint density at radius 3 is 1.00 bits per heavy atom. The van der Waals surface area contributed by atoms with E-state index in [2.05, 4.69) is 0 Å². The number of nitrogens with zero attached hydrogens (tertiary/aromatic N) is 1. The summed E-state index contributed by atoms with van der Waals surface area (Å²) < 4.78 is 44.6. The molecular weight excluding hydrogens is 298 g/mol. The van der Waals surface area contributed by atoms with Crippen LogP contribution in [0.3, 0.4) is 0 Å². The zero-order valence-corrected chi connectivity index (χ0v) is 8.03. The fraction of sp³-hybridized carbons (Fsp3) is 0. The van der Waals surface area contributed by atoms with Gasteiger partial charge in [0.15, 0.2) is 0 Å². The molecule has 0 spiro atoms. The molecule has 0 saturated carbocycles. The van der Waals surface area contributed by atoms with Gasteiger partial charge in [0, 0.05) is 0 Å². The standard InChI is InChI=1S/Ce.HNO3.6H2O/c;2-1(3)4;;;;;;/h;(H,2,3,4);6*1H2/q+6;;;;;;;/p-6. The summed E-state index contributed by atoms with van der Waals surface area (Å²) in [5.41, 5.74) is 0. The predicted octanol–water partition coefficient (Wildman–Crippen LogP) is -3.69. The Hall–Kier alpha value is 0.337. The molecule has 0 aliphatic heterocycles. The molecule has 0 aromatic heterocycles. The summed E-state index contributed by atoms with van der Waals surface area (Å²) in [4.78, 5) is 8.36. The zero-order chi connectivity index (χ0) is 9.99. The van der Waals surface area contributed by atoms with Crippen LogP contribution in [0.4, 0.5) is 0 Å². The molecule has 70 valence electrons. The second kappa shape index (κ2) is 2.68. The first kappa shape index (κ1) is 13.9. The topological polar surface area (TPSA) is 185 Å². The molecule has 11 heteroatoms. The predicted molar refractivity (Wildman–Crippen MR) is 22.1 cm³/mol. The first-order chi connectivity index (χ1) is 4.18. The van der Waals surface area contributed by atoms with Gasteiger partial charge in [-0.3, -0.25) is 0 Å². The van der Waals surface area contributed by atoms with Crippen LogP contribution in [0.15, 0.2) is 0 Å². The molecule has 0 aliphatic carbocycles. The van der Waals surface area contributed by atoms with Crippen LogP contribution in [0.25, 0.3) is 0 Å². The molecule has 0 fully saturated rings. The molecule has 0 unspecified atom stereocenters. The maximum absolute atomic E-state index is 8.40. The minimum absolute atomic E-state index is 1.50. The fourth-order valence-corrected chi connectivity index (χ4v) is 0. The third-order valence-electron chi connectivity index (χ3n) is 0.